The third-order valence-corrected chi connectivity index (χ3v) is 4.02. The summed E-state index contributed by atoms with van der Waals surface area (Å²) in [5, 5.41) is 12.8. The molecule has 1 aromatic heterocycles. The molecule has 0 unspecified atom stereocenters. The maximum Gasteiger partial charge on any atom is 0.190 e. The summed E-state index contributed by atoms with van der Waals surface area (Å²) >= 11 is 18.4. The molecule has 0 atom stereocenters. The lowest BCUT2D eigenvalue weighted by molar-refractivity contribution is 0.791. The molecule has 0 saturated heterocycles. The molecule has 0 aliphatic rings. The standard InChI is InChI=1S/C13H8Cl3N5/c14-7-3-1-5-9(17)11(7)13-18-19-20-21(13)10-6-2-4-8(15)12(10)16/h1-6H,17H2. The van der Waals surface area contributed by atoms with Crippen LogP contribution in [0.3, 0.4) is 0 Å². The van der Waals surface area contributed by atoms with Gasteiger partial charge in [-0.3, -0.25) is 0 Å². The zero-order valence-electron chi connectivity index (χ0n) is 10.5. The summed E-state index contributed by atoms with van der Waals surface area (Å²) in [5.41, 5.74) is 7.53. The van der Waals surface area contributed by atoms with Crippen LogP contribution in [0.1, 0.15) is 0 Å². The number of halogens is 3. The van der Waals surface area contributed by atoms with Crippen LogP contribution in [0.4, 0.5) is 5.69 Å². The summed E-state index contributed by atoms with van der Waals surface area (Å²) < 4.78 is 1.45. The Morgan fingerprint density at radius 3 is 2.43 bits per heavy atom. The molecule has 2 aromatic carbocycles. The highest BCUT2D eigenvalue weighted by molar-refractivity contribution is 6.43. The highest BCUT2D eigenvalue weighted by atomic mass is 35.5. The SMILES string of the molecule is Nc1cccc(Cl)c1-c1nnnn1-c1cccc(Cl)c1Cl. The Morgan fingerprint density at radius 2 is 1.67 bits per heavy atom. The molecular formula is C13H8Cl3N5. The van der Waals surface area contributed by atoms with E-state index in [-0.39, 0.29) is 0 Å². The molecule has 2 N–H and O–H groups in total. The van der Waals surface area contributed by atoms with Gasteiger partial charge in [0.1, 0.15) is 0 Å². The van der Waals surface area contributed by atoms with Crippen LogP contribution < -0.4 is 5.73 Å². The molecule has 0 spiro atoms. The van der Waals surface area contributed by atoms with Crippen LogP contribution in [-0.2, 0) is 0 Å². The highest BCUT2D eigenvalue weighted by Crippen LogP contribution is 2.35. The predicted molar refractivity (Wildman–Crippen MR) is 84.0 cm³/mol. The van der Waals surface area contributed by atoms with Gasteiger partial charge in [0.25, 0.3) is 0 Å². The van der Waals surface area contributed by atoms with Crippen LogP contribution in [0.5, 0.6) is 0 Å². The van der Waals surface area contributed by atoms with Crippen molar-refractivity contribution >= 4 is 40.5 Å². The number of aromatic nitrogens is 4. The Bertz CT molecular complexity index is 795. The number of anilines is 1. The fourth-order valence-electron chi connectivity index (χ4n) is 1.94. The van der Waals surface area contributed by atoms with E-state index < -0.39 is 0 Å². The van der Waals surface area contributed by atoms with Crippen LogP contribution in [0.15, 0.2) is 36.4 Å². The number of tetrazole rings is 1. The molecule has 21 heavy (non-hydrogen) atoms. The number of nitrogens with zero attached hydrogens (tertiary/aromatic N) is 4. The van der Waals surface area contributed by atoms with Crippen molar-refractivity contribution in [3.8, 4) is 17.1 Å². The Labute approximate surface area is 135 Å². The van der Waals surface area contributed by atoms with Gasteiger partial charge in [-0.2, -0.15) is 4.68 Å². The number of nitrogen functional groups attached to an aromatic ring is 1. The number of rotatable bonds is 2. The summed E-state index contributed by atoms with van der Waals surface area (Å²) in [7, 11) is 0. The number of hydrogen-bond donors (Lipinski definition) is 1. The third kappa shape index (κ3) is 2.44. The van der Waals surface area contributed by atoms with Crippen LogP contribution in [0, 0.1) is 0 Å². The first-order valence-electron chi connectivity index (χ1n) is 5.86. The lowest BCUT2D eigenvalue weighted by atomic mass is 10.1. The van der Waals surface area contributed by atoms with E-state index in [1.165, 1.54) is 4.68 Å². The van der Waals surface area contributed by atoms with E-state index in [1.54, 1.807) is 36.4 Å². The third-order valence-electron chi connectivity index (χ3n) is 2.90. The molecule has 3 rings (SSSR count). The maximum atomic E-state index is 6.21. The fraction of sp³-hybridized carbons (Fsp3) is 0. The molecule has 0 bridgehead atoms. The molecule has 1 heterocycles. The van der Waals surface area contributed by atoms with Crippen molar-refractivity contribution in [2.75, 3.05) is 5.73 Å². The van der Waals surface area contributed by atoms with Crippen LogP contribution in [0.25, 0.3) is 17.1 Å². The number of benzene rings is 2. The molecule has 8 heteroatoms. The highest BCUT2D eigenvalue weighted by Gasteiger charge is 2.18. The van der Waals surface area contributed by atoms with Gasteiger partial charge in [-0.05, 0) is 34.7 Å². The largest absolute Gasteiger partial charge is 0.398 e. The molecule has 5 nitrogen and oxygen atoms in total. The summed E-state index contributed by atoms with van der Waals surface area (Å²) in [5.74, 6) is 0.391. The quantitative estimate of drug-likeness (QED) is 0.719. The molecule has 0 saturated carbocycles. The molecular weight excluding hydrogens is 333 g/mol. The predicted octanol–water partition coefficient (Wildman–Crippen LogP) is 3.87. The minimum absolute atomic E-state index is 0.346. The second kappa shape index (κ2) is 5.52. The molecule has 0 radical (unpaired) electrons. The van der Waals surface area contributed by atoms with E-state index >= 15 is 0 Å². The van der Waals surface area contributed by atoms with Crippen molar-refractivity contribution in [1.82, 2.24) is 20.2 Å². The molecule has 0 aliphatic heterocycles. The molecule has 0 aliphatic carbocycles. The average Bonchev–Trinajstić information content (AvgIpc) is 2.91. The molecule has 106 valence electrons. The Hall–Kier alpha value is -1.82. The second-order valence-corrected chi connectivity index (χ2v) is 5.38. The Kier molecular flexibility index (Phi) is 3.71. The van der Waals surface area contributed by atoms with E-state index in [0.29, 0.717) is 37.8 Å². The summed E-state index contributed by atoms with van der Waals surface area (Å²) in [6.07, 6.45) is 0. The number of nitrogens with two attached hydrogens (primary N) is 1. The first-order valence-corrected chi connectivity index (χ1v) is 7.00. The summed E-state index contributed by atoms with van der Waals surface area (Å²) in [6, 6.07) is 10.4. The minimum atomic E-state index is 0.346. The van der Waals surface area contributed by atoms with Crippen molar-refractivity contribution in [2.24, 2.45) is 0 Å². The van der Waals surface area contributed by atoms with Gasteiger partial charge >= 0.3 is 0 Å². The van der Waals surface area contributed by atoms with Crippen molar-refractivity contribution < 1.29 is 0 Å². The van der Waals surface area contributed by atoms with Gasteiger partial charge < -0.3 is 5.73 Å². The van der Waals surface area contributed by atoms with Gasteiger partial charge in [0, 0.05) is 5.69 Å². The van der Waals surface area contributed by atoms with Crippen LogP contribution >= 0.6 is 34.8 Å². The molecule has 3 aromatic rings. The Morgan fingerprint density at radius 1 is 0.952 bits per heavy atom. The summed E-state index contributed by atoms with van der Waals surface area (Å²) in [6.45, 7) is 0. The first kappa shape index (κ1) is 14.1. The topological polar surface area (TPSA) is 69.6 Å². The van der Waals surface area contributed by atoms with Crippen LogP contribution in [-0.4, -0.2) is 20.2 Å². The van der Waals surface area contributed by atoms with Gasteiger partial charge in [-0.1, -0.05) is 46.9 Å². The number of hydrogen-bond acceptors (Lipinski definition) is 4. The zero-order chi connectivity index (χ0) is 15.0. The second-order valence-electron chi connectivity index (χ2n) is 4.19. The first-order chi connectivity index (χ1) is 10.1. The lowest BCUT2D eigenvalue weighted by Gasteiger charge is -2.10. The van der Waals surface area contributed by atoms with Gasteiger partial charge in [-0.15, -0.1) is 5.10 Å². The maximum absolute atomic E-state index is 6.21. The average molecular weight is 341 g/mol. The van der Waals surface area contributed by atoms with Gasteiger partial charge in [0.05, 0.1) is 26.3 Å². The van der Waals surface area contributed by atoms with E-state index in [4.69, 9.17) is 40.5 Å². The summed E-state index contributed by atoms with van der Waals surface area (Å²) in [4.78, 5) is 0. The van der Waals surface area contributed by atoms with E-state index in [9.17, 15) is 0 Å². The van der Waals surface area contributed by atoms with Gasteiger partial charge in [0.2, 0.25) is 0 Å². The smallest absolute Gasteiger partial charge is 0.190 e. The monoisotopic (exact) mass is 339 g/mol. The van der Waals surface area contributed by atoms with Gasteiger partial charge in [-0.25, -0.2) is 0 Å². The van der Waals surface area contributed by atoms with E-state index in [1.807, 2.05) is 0 Å². The van der Waals surface area contributed by atoms with Crippen LogP contribution in [0.2, 0.25) is 15.1 Å². The van der Waals surface area contributed by atoms with E-state index in [0.717, 1.165) is 0 Å². The molecule has 0 amide bonds. The van der Waals surface area contributed by atoms with Crippen molar-refractivity contribution in [3.05, 3.63) is 51.5 Å². The molecule has 0 fully saturated rings. The lowest BCUT2D eigenvalue weighted by Crippen LogP contribution is -2.03. The van der Waals surface area contributed by atoms with Gasteiger partial charge in [0.15, 0.2) is 5.82 Å². The van der Waals surface area contributed by atoms with Crippen molar-refractivity contribution in [1.29, 1.82) is 0 Å². The van der Waals surface area contributed by atoms with E-state index in [2.05, 4.69) is 15.5 Å². The minimum Gasteiger partial charge on any atom is -0.398 e. The Balaban J connectivity index is 2.25. The normalized spacial score (nSPS) is 10.8. The zero-order valence-corrected chi connectivity index (χ0v) is 12.7. The van der Waals surface area contributed by atoms with Crippen molar-refractivity contribution in [3.63, 3.8) is 0 Å². The van der Waals surface area contributed by atoms with Crippen molar-refractivity contribution in [2.45, 2.75) is 0 Å². The fourth-order valence-corrected chi connectivity index (χ4v) is 2.58.